The van der Waals surface area contributed by atoms with Gasteiger partial charge >= 0.3 is 0 Å². The van der Waals surface area contributed by atoms with Crippen LogP contribution in [0.3, 0.4) is 0 Å². The Kier molecular flexibility index (Phi) is 2.88. The van der Waals surface area contributed by atoms with E-state index < -0.39 is 5.91 Å². The molecule has 0 aromatic heterocycles. The maximum Gasteiger partial charge on any atom is 0.290 e. The summed E-state index contributed by atoms with van der Waals surface area (Å²) in [6, 6.07) is 0. The number of aliphatic hydroxyl groups excluding tert-OH is 1. The molecule has 66 valence electrons. The van der Waals surface area contributed by atoms with Crippen molar-refractivity contribution in [2.24, 2.45) is 0 Å². The van der Waals surface area contributed by atoms with Crippen molar-refractivity contribution >= 4 is 22.9 Å². The van der Waals surface area contributed by atoms with E-state index in [1.807, 2.05) is 6.92 Å². The highest BCUT2D eigenvalue weighted by molar-refractivity contribution is 8.18. The van der Waals surface area contributed by atoms with Crippen molar-refractivity contribution in [2.75, 3.05) is 6.61 Å². The van der Waals surface area contributed by atoms with Gasteiger partial charge in [-0.1, -0.05) is 6.92 Å². The number of thioether (sulfide) groups is 1. The zero-order valence-electron chi connectivity index (χ0n) is 6.59. The first-order valence-corrected chi connectivity index (χ1v) is 4.36. The number of nitrogens with one attached hydrogen (secondary N) is 1. The third-order valence-electron chi connectivity index (χ3n) is 1.56. The summed E-state index contributed by atoms with van der Waals surface area (Å²) in [4.78, 5) is 22.1. The molecule has 0 unspecified atom stereocenters. The highest BCUT2D eigenvalue weighted by Gasteiger charge is 2.27. The Labute approximate surface area is 74.0 Å². The Morgan fingerprint density at radius 2 is 2.25 bits per heavy atom. The summed E-state index contributed by atoms with van der Waals surface area (Å²) in [5, 5.41) is 10.6. The fourth-order valence-corrected chi connectivity index (χ4v) is 1.72. The lowest BCUT2D eigenvalue weighted by Gasteiger charge is -2.00. The van der Waals surface area contributed by atoms with Gasteiger partial charge in [-0.25, -0.2) is 0 Å². The number of hydrogen-bond acceptors (Lipinski definition) is 4. The van der Waals surface area contributed by atoms with Gasteiger partial charge in [-0.15, -0.1) is 0 Å². The number of imide groups is 1. The molecule has 1 saturated heterocycles. The first-order valence-electron chi connectivity index (χ1n) is 3.55. The molecule has 1 aliphatic rings. The van der Waals surface area contributed by atoms with Crippen LogP contribution in [0.15, 0.2) is 10.5 Å². The van der Waals surface area contributed by atoms with Crippen molar-refractivity contribution in [3.05, 3.63) is 10.5 Å². The maximum absolute atomic E-state index is 11.0. The van der Waals surface area contributed by atoms with Crippen LogP contribution < -0.4 is 5.32 Å². The van der Waals surface area contributed by atoms with E-state index >= 15 is 0 Å². The average Bonchev–Trinajstić information content (AvgIpc) is 2.34. The van der Waals surface area contributed by atoms with Gasteiger partial charge in [-0.2, -0.15) is 0 Å². The summed E-state index contributed by atoms with van der Waals surface area (Å²) in [5.41, 5.74) is 0.614. The monoisotopic (exact) mass is 187 g/mol. The molecule has 1 fully saturated rings. The molecule has 0 radical (unpaired) electrons. The van der Waals surface area contributed by atoms with Gasteiger partial charge < -0.3 is 5.11 Å². The standard InChI is InChI=1S/C7H9NO3S/c1-2-4(3-9)5-6(10)8-7(11)12-5/h9H,2-3H2,1H3,(H,8,10,11)/b5-4-. The zero-order chi connectivity index (χ0) is 9.14. The van der Waals surface area contributed by atoms with E-state index in [1.54, 1.807) is 0 Å². The molecule has 2 amide bonds. The number of amides is 2. The van der Waals surface area contributed by atoms with Crippen LogP contribution in [0, 0.1) is 0 Å². The fraction of sp³-hybridized carbons (Fsp3) is 0.429. The minimum absolute atomic E-state index is 0.167. The number of aliphatic hydroxyl groups is 1. The summed E-state index contributed by atoms with van der Waals surface area (Å²) in [6.07, 6.45) is 0.583. The molecular weight excluding hydrogens is 178 g/mol. The molecule has 1 heterocycles. The van der Waals surface area contributed by atoms with Crippen LogP contribution in [0.2, 0.25) is 0 Å². The van der Waals surface area contributed by atoms with Gasteiger partial charge in [0.1, 0.15) is 0 Å². The second kappa shape index (κ2) is 3.73. The van der Waals surface area contributed by atoms with Crippen molar-refractivity contribution in [1.82, 2.24) is 5.32 Å². The van der Waals surface area contributed by atoms with Crippen molar-refractivity contribution in [2.45, 2.75) is 13.3 Å². The molecule has 0 aromatic carbocycles. The Morgan fingerprint density at radius 3 is 2.58 bits per heavy atom. The predicted molar refractivity (Wildman–Crippen MR) is 45.5 cm³/mol. The number of hydrogen-bond donors (Lipinski definition) is 2. The first kappa shape index (κ1) is 9.28. The van der Waals surface area contributed by atoms with Crippen LogP contribution in [0.1, 0.15) is 13.3 Å². The predicted octanol–water partition coefficient (Wildman–Crippen LogP) is 0.626. The Balaban J connectivity index is 2.93. The largest absolute Gasteiger partial charge is 0.392 e. The molecule has 12 heavy (non-hydrogen) atoms. The molecule has 0 saturated carbocycles. The van der Waals surface area contributed by atoms with Crippen LogP contribution in [0.25, 0.3) is 0 Å². The van der Waals surface area contributed by atoms with Gasteiger partial charge in [0.2, 0.25) is 0 Å². The fourth-order valence-electron chi connectivity index (χ4n) is 0.891. The quantitative estimate of drug-likeness (QED) is 0.622. The normalized spacial score (nSPS) is 21.2. The molecule has 1 aliphatic heterocycles. The molecule has 4 nitrogen and oxygen atoms in total. The Bertz CT molecular complexity index is 253. The van der Waals surface area contributed by atoms with Crippen molar-refractivity contribution < 1.29 is 14.7 Å². The molecular formula is C7H9NO3S. The van der Waals surface area contributed by atoms with Gasteiger partial charge in [0.15, 0.2) is 0 Å². The number of carbonyl (C=O) groups is 2. The highest BCUT2D eigenvalue weighted by Crippen LogP contribution is 2.27. The SMILES string of the molecule is CC/C(CO)=C1/SC(=O)NC1=O. The third-order valence-corrected chi connectivity index (χ3v) is 2.52. The van der Waals surface area contributed by atoms with E-state index in [9.17, 15) is 9.59 Å². The van der Waals surface area contributed by atoms with E-state index in [4.69, 9.17) is 5.11 Å². The van der Waals surface area contributed by atoms with Crippen molar-refractivity contribution in [3.63, 3.8) is 0 Å². The molecule has 1 rings (SSSR count). The highest BCUT2D eigenvalue weighted by atomic mass is 32.2. The minimum atomic E-state index is -0.393. The Hall–Kier alpha value is -0.810. The third kappa shape index (κ3) is 1.67. The topological polar surface area (TPSA) is 66.4 Å². The molecule has 0 aliphatic carbocycles. The van der Waals surface area contributed by atoms with Gasteiger partial charge in [-0.05, 0) is 23.8 Å². The minimum Gasteiger partial charge on any atom is -0.392 e. The summed E-state index contributed by atoms with van der Waals surface area (Å²) in [5.74, 6) is -0.393. The second-order valence-electron chi connectivity index (χ2n) is 2.29. The van der Waals surface area contributed by atoms with Crippen LogP contribution in [-0.4, -0.2) is 22.9 Å². The molecule has 0 spiro atoms. The van der Waals surface area contributed by atoms with Crippen molar-refractivity contribution in [1.29, 1.82) is 0 Å². The lowest BCUT2D eigenvalue weighted by atomic mass is 10.2. The van der Waals surface area contributed by atoms with Gasteiger partial charge in [0.05, 0.1) is 11.5 Å². The lowest BCUT2D eigenvalue weighted by Crippen LogP contribution is -2.18. The van der Waals surface area contributed by atoms with Gasteiger partial charge in [-0.3, -0.25) is 14.9 Å². The molecule has 2 N–H and O–H groups in total. The van der Waals surface area contributed by atoms with Crippen LogP contribution in [0.4, 0.5) is 4.79 Å². The summed E-state index contributed by atoms with van der Waals surface area (Å²) in [6.45, 7) is 1.66. The second-order valence-corrected chi connectivity index (χ2v) is 3.27. The van der Waals surface area contributed by atoms with Gasteiger partial charge in [0.25, 0.3) is 11.1 Å². The maximum atomic E-state index is 11.0. The summed E-state index contributed by atoms with van der Waals surface area (Å²) in [7, 11) is 0. The summed E-state index contributed by atoms with van der Waals surface area (Å²) >= 11 is 0.851. The van der Waals surface area contributed by atoms with Crippen LogP contribution >= 0.6 is 11.8 Å². The Morgan fingerprint density at radius 1 is 1.58 bits per heavy atom. The zero-order valence-corrected chi connectivity index (χ0v) is 7.40. The molecule has 0 aromatic rings. The number of carbonyl (C=O) groups excluding carboxylic acids is 2. The lowest BCUT2D eigenvalue weighted by molar-refractivity contribution is -0.115. The summed E-state index contributed by atoms with van der Waals surface area (Å²) < 4.78 is 0. The van der Waals surface area contributed by atoms with E-state index in [0.29, 0.717) is 16.9 Å². The van der Waals surface area contributed by atoms with E-state index in [-0.39, 0.29) is 11.8 Å². The van der Waals surface area contributed by atoms with Crippen LogP contribution in [-0.2, 0) is 4.79 Å². The smallest absolute Gasteiger partial charge is 0.290 e. The molecule has 5 heteroatoms. The molecule has 0 bridgehead atoms. The molecule has 0 atom stereocenters. The van der Waals surface area contributed by atoms with E-state index in [0.717, 1.165) is 11.8 Å². The average molecular weight is 187 g/mol. The number of rotatable bonds is 2. The van der Waals surface area contributed by atoms with Crippen molar-refractivity contribution in [3.8, 4) is 0 Å². The van der Waals surface area contributed by atoms with Gasteiger partial charge in [0, 0.05) is 0 Å². The first-order chi connectivity index (χ1) is 5.69. The van der Waals surface area contributed by atoms with E-state index in [2.05, 4.69) is 5.32 Å². The van der Waals surface area contributed by atoms with Crippen LogP contribution in [0.5, 0.6) is 0 Å². The van der Waals surface area contributed by atoms with E-state index in [1.165, 1.54) is 0 Å².